The van der Waals surface area contributed by atoms with Gasteiger partial charge in [0, 0.05) is 13.0 Å². The molecule has 2 heterocycles. The van der Waals surface area contributed by atoms with Crippen molar-refractivity contribution in [1.82, 2.24) is 4.98 Å². The predicted octanol–water partition coefficient (Wildman–Crippen LogP) is 0.476. The van der Waals surface area contributed by atoms with E-state index in [1.54, 1.807) is 6.92 Å². The van der Waals surface area contributed by atoms with Gasteiger partial charge in [0.15, 0.2) is 10.8 Å². The molecule has 2 N–H and O–H groups in total. The number of carbonyl (C=O) groups is 2. The van der Waals surface area contributed by atoms with E-state index in [-0.39, 0.29) is 30.4 Å². The zero-order valence-electron chi connectivity index (χ0n) is 10.9. The van der Waals surface area contributed by atoms with E-state index in [1.807, 2.05) is 0 Å². The Balaban J connectivity index is 2.26. The number of aromatic nitrogens is 1. The molecule has 11 heteroatoms. The maximum atomic E-state index is 11.9. The minimum atomic E-state index is -3.79. The second kappa shape index (κ2) is 5.99. The van der Waals surface area contributed by atoms with Gasteiger partial charge in [0.2, 0.25) is 15.9 Å². The molecular formula is C10H12BrN3O5S2. The minimum Gasteiger partial charge on any atom is -0.461 e. The average Bonchev–Trinajstić information content (AvgIpc) is 2.92. The summed E-state index contributed by atoms with van der Waals surface area (Å²) in [4.78, 5) is 28.8. The van der Waals surface area contributed by atoms with Crippen molar-refractivity contribution < 1.29 is 22.7 Å². The molecule has 2 rings (SSSR count). The summed E-state index contributed by atoms with van der Waals surface area (Å²) >= 11 is 4.24. The molecule has 116 valence electrons. The predicted molar refractivity (Wildman–Crippen MR) is 79.6 cm³/mol. The van der Waals surface area contributed by atoms with Gasteiger partial charge >= 0.3 is 5.97 Å². The molecule has 21 heavy (non-hydrogen) atoms. The number of rotatable bonds is 4. The van der Waals surface area contributed by atoms with E-state index >= 15 is 0 Å². The van der Waals surface area contributed by atoms with Crippen molar-refractivity contribution in [2.45, 2.75) is 18.6 Å². The van der Waals surface area contributed by atoms with E-state index in [2.05, 4.69) is 20.9 Å². The lowest BCUT2D eigenvalue weighted by atomic mass is 10.4. The summed E-state index contributed by atoms with van der Waals surface area (Å²) in [5, 5.41) is 4.34. The molecule has 0 spiro atoms. The van der Waals surface area contributed by atoms with E-state index in [0.29, 0.717) is 3.79 Å². The Morgan fingerprint density at radius 3 is 2.81 bits per heavy atom. The molecule has 0 saturated carbocycles. The highest BCUT2D eigenvalue weighted by Gasteiger charge is 2.39. The molecule has 8 nitrogen and oxygen atoms in total. The van der Waals surface area contributed by atoms with Crippen LogP contribution in [0.5, 0.6) is 0 Å². The zero-order valence-corrected chi connectivity index (χ0v) is 14.1. The molecule has 0 radical (unpaired) electrons. The Hall–Kier alpha value is -1.04. The van der Waals surface area contributed by atoms with Crippen LogP contribution >= 0.6 is 27.3 Å². The first-order chi connectivity index (χ1) is 9.74. The number of hydrogen-bond donors (Lipinski definition) is 1. The number of ether oxygens (including phenoxy) is 1. The van der Waals surface area contributed by atoms with Crippen LogP contribution in [0.1, 0.15) is 23.8 Å². The molecule has 1 aromatic rings. The van der Waals surface area contributed by atoms with Gasteiger partial charge < -0.3 is 4.74 Å². The SMILES string of the molecule is CCOC(=O)c1nc(N2CC(S(N)(=O)=O)CC2=O)sc1Br. The summed E-state index contributed by atoms with van der Waals surface area (Å²) in [6, 6.07) is 0. The van der Waals surface area contributed by atoms with Crippen LogP contribution in [0.25, 0.3) is 0 Å². The van der Waals surface area contributed by atoms with Crippen LogP contribution in [-0.2, 0) is 19.6 Å². The van der Waals surface area contributed by atoms with Crippen molar-refractivity contribution in [2.24, 2.45) is 5.14 Å². The van der Waals surface area contributed by atoms with Gasteiger partial charge in [0.05, 0.1) is 6.61 Å². The van der Waals surface area contributed by atoms with Gasteiger partial charge in [-0.2, -0.15) is 0 Å². The Morgan fingerprint density at radius 1 is 1.62 bits per heavy atom. The van der Waals surface area contributed by atoms with Crippen LogP contribution in [0.4, 0.5) is 5.13 Å². The summed E-state index contributed by atoms with van der Waals surface area (Å²) in [6.07, 6.45) is -0.190. The highest BCUT2D eigenvalue weighted by Crippen LogP contribution is 2.34. The Bertz CT molecular complexity index is 687. The third-order valence-corrected chi connectivity index (χ3v) is 5.80. The van der Waals surface area contributed by atoms with Crippen LogP contribution in [0.3, 0.4) is 0 Å². The number of halogens is 1. The number of hydrogen-bond acceptors (Lipinski definition) is 7. The highest BCUT2D eigenvalue weighted by atomic mass is 79.9. The van der Waals surface area contributed by atoms with Crippen molar-refractivity contribution in [3.63, 3.8) is 0 Å². The van der Waals surface area contributed by atoms with Crippen molar-refractivity contribution in [1.29, 1.82) is 0 Å². The number of esters is 1. The van der Waals surface area contributed by atoms with Crippen LogP contribution in [0.2, 0.25) is 0 Å². The Kier molecular flexibility index (Phi) is 4.66. The summed E-state index contributed by atoms with van der Waals surface area (Å²) < 4.78 is 27.9. The molecule has 1 amide bonds. The standard InChI is InChI=1S/C10H12BrN3O5S2/c1-2-19-9(16)7-8(11)20-10(13-7)14-4-5(3-6(14)15)21(12,17)18/h5H,2-4H2,1H3,(H2,12,17,18). The molecule has 1 unspecified atom stereocenters. The molecule has 0 aliphatic carbocycles. The van der Waals surface area contributed by atoms with E-state index in [4.69, 9.17) is 9.88 Å². The summed E-state index contributed by atoms with van der Waals surface area (Å²) in [7, 11) is -3.79. The second-order valence-electron chi connectivity index (χ2n) is 4.26. The lowest BCUT2D eigenvalue weighted by Gasteiger charge is -2.11. The van der Waals surface area contributed by atoms with E-state index in [9.17, 15) is 18.0 Å². The molecule has 0 bridgehead atoms. The smallest absolute Gasteiger partial charge is 0.359 e. The van der Waals surface area contributed by atoms with Gasteiger partial charge in [-0.25, -0.2) is 23.3 Å². The normalized spacial score (nSPS) is 19.1. The van der Waals surface area contributed by atoms with Gasteiger partial charge in [-0.1, -0.05) is 11.3 Å². The van der Waals surface area contributed by atoms with Crippen molar-refractivity contribution in [2.75, 3.05) is 18.1 Å². The lowest BCUT2D eigenvalue weighted by molar-refractivity contribution is -0.117. The number of carbonyl (C=O) groups excluding carboxylic acids is 2. The fraction of sp³-hybridized carbons (Fsp3) is 0.500. The molecule has 1 fully saturated rings. The van der Waals surface area contributed by atoms with Gasteiger partial charge in [-0.05, 0) is 22.9 Å². The molecule has 1 atom stereocenters. The topological polar surface area (TPSA) is 120 Å². The highest BCUT2D eigenvalue weighted by molar-refractivity contribution is 9.11. The number of nitrogens with zero attached hydrogens (tertiary/aromatic N) is 2. The number of sulfonamides is 1. The van der Waals surface area contributed by atoms with Crippen molar-refractivity contribution in [3.05, 3.63) is 9.48 Å². The van der Waals surface area contributed by atoms with E-state index < -0.39 is 27.1 Å². The van der Waals surface area contributed by atoms with Crippen LogP contribution in [0, 0.1) is 0 Å². The third kappa shape index (κ3) is 3.42. The summed E-state index contributed by atoms with van der Waals surface area (Å²) in [5.74, 6) is -1.01. The van der Waals surface area contributed by atoms with Gasteiger partial charge in [-0.3, -0.25) is 9.69 Å². The fourth-order valence-electron chi connectivity index (χ4n) is 1.81. The van der Waals surface area contributed by atoms with Crippen LogP contribution in [0.15, 0.2) is 3.79 Å². The minimum absolute atomic E-state index is 0.0590. The van der Waals surface area contributed by atoms with Crippen molar-refractivity contribution in [3.8, 4) is 0 Å². The maximum Gasteiger partial charge on any atom is 0.359 e. The first-order valence-corrected chi connectivity index (χ1v) is 9.11. The zero-order chi connectivity index (χ0) is 15.8. The first kappa shape index (κ1) is 16.3. The third-order valence-electron chi connectivity index (χ3n) is 2.83. The molecule has 1 aliphatic heterocycles. The first-order valence-electron chi connectivity index (χ1n) is 5.89. The molecule has 1 saturated heterocycles. The number of primary sulfonamides is 1. The largest absolute Gasteiger partial charge is 0.461 e. The van der Waals surface area contributed by atoms with E-state index in [1.165, 1.54) is 4.90 Å². The summed E-state index contributed by atoms with van der Waals surface area (Å²) in [6.45, 7) is 1.80. The van der Waals surface area contributed by atoms with Gasteiger partial charge in [0.25, 0.3) is 0 Å². The van der Waals surface area contributed by atoms with Gasteiger partial charge in [0.1, 0.15) is 9.04 Å². The van der Waals surface area contributed by atoms with Crippen LogP contribution in [-0.4, -0.2) is 43.7 Å². The van der Waals surface area contributed by atoms with Crippen molar-refractivity contribution >= 4 is 54.3 Å². The number of anilines is 1. The van der Waals surface area contributed by atoms with Gasteiger partial charge in [-0.15, -0.1) is 0 Å². The number of amides is 1. The average molecular weight is 398 g/mol. The quantitative estimate of drug-likeness (QED) is 0.737. The van der Waals surface area contributed by atoms with Crippen LogP contribution < -0.4 is 10.0 Å². The Morgan fingerprint density at radius 2 is 2.29 bits per heavy atom. The van der Waals surface area contributed by atoms with E-state index in [0.717, 1.165) is 11.3 Å². The monoisotopic (exact) mass is 397 g/mol. The second-order valence-corrected chi connectivity index (χ2v) is 8.40. The number of thiazole rings is 1. The molecule has 0 aromatic carbocycles. The number of nitrogens with two attached hydrogens (primary N) is 1. The molecule has 1 aromatic heterocycles. The fourth-order valence-corrected chi connectivity index (χ4v) is 4.04. The molecule has 1 aliphatic rings. The lowest BCUT2D eigenvalue weighted by Crippen LogP contribution is -2.32. The maximum absolute atomic E-state index is 11.9. The Labute approximate surface area is 133 Å². The summed E-state index contributed by atoms with van der Waals surface area (Å²) in [5.41, 5.74) is 0.0590. The molecular weight excluding hydrogens is 386 g/mol.